The molecule has 1 saturated heterocycles. The summed E-state index contributed by atoms with van der Waals surface area (Å²) >= 11 is 1.48. The highest BCUT2D eigenvalue weighted by Crippen LogP contribution is 2.27. The van der Waals surface area contributed by atoms with Gasteiger partial charge < -0.3 is 38.1 Å². The molecule has 1 aromatic heterocycles. The van der Waals surface area contributed by atoms with Crippen molar-refractivity contribution in [2.24, 2.45) is 17.6 Å². The number of carbonyl (C=O) groups excluding carboxylic acids is 5. The van der Waals surface area contributed by atoms with Crippen molar-refractivity contribution in [1.82, 2.24) is 31.6 Å². The monoisotopic (exact) mass is 701 g/mol. The summed E-state index contributed by atoms with van der Waals surface area (Å²) in [7, 11) is 0. The molecular weight excluding hydrogens is 645 g/mol. The Bertz CT molecular complexity index is 1420. The van der Waals surface area contributed by atoms with Gasteiger partial charge in [-0.25, -0.2) is 4.98 Å². The minimum absolute atomic E-state index is 0.109. The van der Waals surface area contributed by atoms with Gasteiger partial charge in [-0.05, 0) is 87.1 Å². The minimum atomic E-state index is -0.960. The number of nitrogens with one attached hydrogen (secondary N) is 5. The van der Waals surface area contributed by atoms with Crippen LogP contribution < -0.4 is 38.1 Å². The number of hydrogen-bond acceptors (Lipinski definition) is 8. The summed E-state index contributed by atoms with van der Waals surface area (Å²) in [4.78, 5) is 71.0. The predicted octanol–water partition coefficient (Wildman–Crippen LogP) is 1.25. The first kappa shape index (κ1) is 39.8. The van der Waals surface area contributed by atoms with E-state index < -0.39 is 47.8 Å². The maximum Gasteiger partial charge on any atom is 0.243 e. The molecule has 0 aliphatic carbocycles. The number of carbonyl (C=O) groups is 5. The summed E-state index contributed by atoms with van der Waals surface area (Å²) in [6, 6.07) is 2.40. The molecule has 1 aliphatic heterocycles. The molecule has 4 atom stereocenters. The van der Waals surface area contributed by atoms with Gasteiger partial charge in [-0.1, -0.05) is 40.7 Å². The fourth-order valence-corrected chi connectivity index (χ4v) is 7.05. The number of rotatable bonds is 19. The van der Waals surface area contributed by atoms with Crippen molar-refractivity contribution in [1.29, 1.82) is 0 Å². The molecule has 0 bridgehead atoms. The highest BCUT2D eigenvalue weighted by atomic mass is 32.1. The zero-order valence-electron chi connectivity index (χ0n) is 29.7. The highest BCUT2D eigenvalue weighted by molar-refractivity contribution is 7.18. The van der Waals surface area contributed by atoms with Crippen molar-refractivity contribution in [3.05, 3.63) is 28.8 Å². The maximum atomic E-state index is 14.1. The second-order valence-corrected chi connectivity index (χ2v) is 14.9. The molecule has 2 heterocycles. The molecule has 0 radical (unpaired) electrons. The number of nitrogens with two attached hydrogens (primary N) is 1. The first-order chi connectivity index (χ1) is 23.3. The van der Waals surface area contributed by atoms with Crippen LogP contribution in [0.4, 0.5) is 0 Å². The summed E-state index contributed by atoms with van der Waals surface area (Å²) in [5, 5.41) is 15.4. The predicted molar refractivity (Wildman–Crippen MR) is 191 cm³/mol. The van der Waals surface area contributed by atoms with Gasteiger partial charge in [0.15, 0.2) is 0 Å². The number of primary amides is 1. The van der Waals surface area contributed by atoms with E-state index in [0.717, 1.165) is 16.6 Å². The van der Waals surface area contributed by atoms with Crippen molar-refractivity contribution in [3.63, 3.8) is 0 Å². The lowest BCUT2D eigenvalue weighted by Gasteiger charge is -2.33. The molecule has 49 heavy (non-hydrogen) atoms. The number of thiazole rings is 1. The molecule has 2 aromatic rings. The third kappa shape index (κ3) is 12.3. The van der Waals surface area contributed by atoms with Crippen LogP contribution in [0.1, 0.15) is 96.1 Å². The highest BCUT2D eigenvalue weighted by Gasteiger charge is 2.36. The fourth-order valence-electron chi connectivity index (χ4n) is 5.99. The van der Waals surface area contributed by atoms with Gasteiger partial charge in [-0.15, -0.1) is 11.3 Å². The molecular formula is C35H57N8O5S+. The Labute approximate surface area is 293 Å². The molecule has 1 aromatic carbocycles. The van der Waals surface area contributed by atoms with Crippen LogP contribution in [-0.2, 0) is 30.4 Å². The summed E-state index contributed by atoms with van der Waals surface area (Å²) < 4.78 is 1.00. The molecule has 13 nitrogen and oxygen atoms in total. The molecule has 1 aliphatic rings. The van der Waals surface area contributed by atoms with Gasteiger partial charge in [0.1, 0.15) is 24.2 Å². The summed E-state index contributed by atoms with van der Waals surface area (Å²) in [5.74, 6) is -2.15. The van der Waals surface area contributed by atoms with Gasteiger partial charge in [0.2, 0.25) is 29.5 Å². The van der Waals surface area contributed by atoms with Crippen LogP contribution in [0, 0.1) is 11.8 Å². The number of benzene rings is 1. The topological polar surface area (TPSA) is 212 Å². The zero-order chi connectivity index (χ0) is 36.1. The normalized spacial score (nSPS) is 16.2. The molecule has 10 N–H and O–H groups in total. The molecule has 0 unspecified atom stereocenters. The lowest BCUT2D eigenvalue weighted by Crippen LogP contribution is -2.60. The number of amides is 5. The second kappa shape index (κ2) is 19.5. The van der Waals surface area contributed by atoms with Gasteiger partial charge in [-0.2, -0.15) is 0 Å². The van der Waals surface area contributed by atoms with E-state index in [1.807, 2.05) is 26.0 Å². The molecule has 5 amide bonds. The third-order valence-corrected chi connectivity index (χ3v) is 9.94. The number of quaternary nitrogens is 1. The molecule has 0 spiro atoms. The summed E-state index contributed by atoms with van der Waals surface area (Å²) in [5.41, 5.74) is 11.5. The van der Waals surface area contributed by atoms with Crippen LogP contribution in [0.3, 0.4) is 0 Å². The van der Waals surface area contributed by atoms with Crippen molar-refractivity contribution in [3.8, 4) is 0 Å². The third-order valence-electron chi connectivity index (χ3n) is 8.90. The van der Waals surface area contributed by atoms with Crippen LogP contribution in [0.25, 0.3) is 10.2 Å². The SMILES string of the molecule is CCC(=O)N[C@@H](Cc1nc2ccc(C(C)C)cc2s1)C(=O)N[C@H](C(=O)N[C@@H](CCCC[NH3+])C(=O)N[C@@H](CC(C)C)C(N)=O)C1CCNCC1. The lowest BCUT2D eigenvalue weighted by atomic mass is 9.89. The van der Waals surface area contributed by atoms with Crippen molar-refractivity contribution >= 4 is 51.1 Å². The maximum absolute atomic E-state index is 14.1. The standard InChI is InChI=1S/C35H56N8O5S/c1-6-29(44)39-27(19-30-40-24-11-10-23(21(4)5)18-28(24)49-30)34(47)43-31(22-12-15-38-16-13-22)35(48)41-25(9-7-8-14-36)33(46)42-26(32(37)45)17-20(2)3/h10-11,18,20-22,25-27,31,38H,6-9,12-17,19,36H2,1-5H3,(H2,37,45)(H,39,44)(H,41,48)(H,42,46)(H,43,47)/p+1/t25-,26-,27-,31-/m0/s1. The number of hydrogen-bond donors (Lipinski definition) is 7. The van der Waals surface area contributed by atoms with Gasteiger partial charge >= 0.3 is 0 Å². The van der Waals surface area contributed by atoms with E-state index in [4.69, 9.17) is 10.7 Å². The van der Waals surface area contributed by atoms with E-state index in [2.05, 4.69) is 52.2 Å². The number of aromatic nitrogens is 1. The zero-order valence-corrected chi connectivity index (χ0v) is 30.5. The van der Waals surface area contributed by atoms with E-state index in [-0.39, 0.29) is 30.6 Å². The second-order valence-electron chi connectivity index (χ2n) is 13.7. The van der Waals surface area contributed by atoms with Gasteiger partial charge in [0.25, 0.3) is 0 Å². The van der Waals surface area contributed by atoms with Gasteiger partial charge in [-0.3, -0.25) is 24.0 Å². The largest absolute Gasteiger partial charge is 0.368 e. The Morgan fingerprint density at radius 1 is 0.939 bits per heavy atom. The number of fused-ring (bicyclic) bond motifs is 1. The smallest absolute Gasteiger partial charge is 0.243 e. The van der Waals surface area contributed by atoms with Gasteiger partial charge in [0, 0.05) is 12.8 Å². The molecule has 0 saturated carbocycles. The molecule has 3 rings (SSSR count). The first-order valence-corrected chi connectivity index (χ1v) is 18.5. The quantitative estimate of drug-likeness (QED) is 0.106. The Morgan fingerprint density at radius 3 is 2.22 bits per heavy atom. The summed E-state index contributed by atoms with van der Waals surface area (Å²) in [6.45, 7) is 11.8. The molecule has 14 heteroatoms. The van der Waals surface area contributed by atoms with Crippen LogP contribution in [0.15, 0.2) is 18.2 Å². The lowest BCUT2D eigenvalue weighted by molar-refractivity contribution is -0.368. The Balaban J connectivity index is 1.86. The van der Waals surface area contributed by atoms with Crippen molar-refractivity contribution < 1.29 is 29.7 Å². The van der Waals surface area contributed by atoms with Crippen molar-refractivity contribution in [2.75, 3.05) is 19.6 Å². The van der Waals surface area contributed by atoms with E-state index in [9.17, 15) is 24.0 Å². The molecule has 1 fully saturated rings. The Hall–Kier alpha value is -3.62. The van der Waals surface area contributed by atoms with E-state index >= 15 is 0 Å². The van der Waals surface area contributed by atoms with Gasteiger partial charge in [0.05, 0.1) is 21.8 Å². The Morgan fingerprint density at radius 2 is 1.61 bits per heavy atom. The number of piperidine rings is 1. The minimum Gasteiger partial charge on any atom is -0.368 e. The Kier molecular flexibility index (Phi) is 15.9. The van der Waals surface area contributed by atoms with Crippen LogP contribution in [-0.4, -0.2) is 78.3 Å². The average molecular weight is 702 g/mol. The van der Waals surface area contributed by atoms with Crippen LogP contribution in [0.2, 0.25) is 0 Å². The van der Waals surface area contributed by atoms with Crippen LogP contribution >= 0.6 is 11.3 Å². The van der Waals surface area contributed by atoms with Crippen molar-refractivity contribution in [2.45, 2.75) is 116 Å². The molecule has 272 valence electrons. The van der Waals surface area contributed by atoms with E-state index in [1.54, 1.807) is 6.92 Å². The van der Waals surface area contributed by atoms with E-state index in [0.29, 0.717) is 62.7 Å². The van der Waals surface area contributed by atoms with E-state index in [1.165, 1.54) is 16.9 Å². The average Bonchev–Trinajstić information content (AvgIpc) is 3.47. The van der Waals surface area contributed by atoms with Crippen LogP contribution in [0.5, 0.6) is 0 Å². The number of unbranched alkanes of at least 4 members (excludes halogenated alkanes) is 1. The number of nitrogens with zero attached hydrogens (tertiary/aromatic N) is 1. The first-order valence-electron chi connectivity index (χ1n) is 17.7. The fraction of sp³-hybridized carbons (Fsp3) is 0.657. The summed E-state index contributed by atoms with van der Waals surface area (Å²) in [6.07, 6.45) is 3.70.